The Morgan fingerprint density at radius 3 is 2.62 bits per heavy atom. The summed E-state index contributed by atoms with van der Waals surface area (Å²) in [6, 6.07) is 6.04. The number of nitrogens with one attached hydrogen (secondary N) is 1. The van der Waals surface area contributed by atoms with Gasteiger partial charge in [-0.2, -0.15) is 14.0 Å². The van der Waals surface area contributed by atoms with Crippen molar-refractivity contribution in [2.24, 2.45) is 0 Å². The molecule has 1 aliphatic carbocycles. The molecule has 140 valence electrons. The minimum absolute atomic E-state index is 0.0707. The fourth-order valence-corrected chi connectivity index (χ4v) is 2.80. The molecule has 9 heteroatoms. The third kappa shape index (κ3) is 4.59. The van der Waals surface area contributed by atoms with Gasteiger partial charge in [0, 0.05) is 0 Å². The molecule has 0 unspecified atom stereocenters. The van der Waals surface area contributed by atoms with Crippen molar-refractivity contribution in [3.8, 4) is 17.6 Å². The number of hydrogen-bond acceptors (Lipinski definition) is 6. The number of ether oxygens (including phenoxy) is 3. The van der Waals surface area contributed by atoms with Crippen molar-refractivity contribution in [1.82, 2.24) is 5.32 Å². The molecule has 1 aliphatic rings. The summed E-state index contributed by atoms with van der Waals surface area (Å²) in [4.78, 5) is 24.1. The number of hydrogen-bond donors (Lipinski definition) is 1. The second-order valence-corrected chi connectivity index (χ2v) is 5.74. The van der Waals surface area contributed by atoms with E-state index in [0.717, 1.165) is 12.8 Å². The maximum Gasteiger partial charge on any atom is 0.387 e. The molecular weight excluding hydrogens is 350 g/mol. The minimum atomic E-state index is -3.17. The number of para-hydroxylation sites is 1. The van der Waals surface area contributed by atoms with Gasteiger partial charge in [0.15, 0.2) is 18.1 Å². The molecule has 0 aromatic heterocycles. The quantitative estimate of drug-likeness (QED) is 0.742. The van der Waals surface area contributed by atoms with Crippen LogP contribution in [0.2, 0.25) is 0 Å². The zero-order chi connectivity index (χ0) is 19.2. The lowest BCUT2D eigenvalue weighted by Crippen LogP contribution is -2.46. The van der Waals surface area contributed by atoms with Crippen LogP contribution in [0.3, 0.4) is 0 Å². The lowest BCUT2D eigenvalue weighted by molar-refractivity contribution is -0.125. The second-order valence-electron chi connectivity index (χ2n) is 5.74. The molecule has 0 heterocycles. The summed E-state index contributed by atoms with van der Waals surface area (Å²) in [5, 5.41) is 11.8. The van der Waals surface area contributed by atoms with E-state index in [0.29, 0.717) is 12.8 Å². The first-order chi connectivity index (χ1) is 12.4. The highest BCUT2D eigenvalue weighted by atomic mass is 19.3. The number of halogens is 2. The Kier molecular flexibility index (Phi) is 6.33. The highest BCUT2D eigenvalue weighted by Gasteiger charge is 2.35. The van der Waals surface area contributed by atoms with Crippen molar-refractivity contribution in [3.63, 3.8) is 0 Å². The van der Waals surface area contributed by atoms with Crippen LogP contribution in [-0.4, -0.2) is 37.7 Å². The van der Waals surface area contributed by atoms with Crippen LogP contribution in [0.5, 0.6) is 11.5 Å². The molecule has 1 amide bonds. The zero-order valence-corrected chi connectivity index (χ0v) is 14.1. The van der Waals surface area contributed by atoms with Gasteiger partial charge in [-0.15, -0.1) is 0 Å². The molecule has 1 saturated carbocycles. The smallest absolute Gasteiger partial charge is 0.387 e. The van der Waals surface area contributed by atoms with Crippen molar-refractivity contribution < 1.29 is 32.6 Å². The van der Waals surface area contributed by atoms with E-state index in [1.54, 1.807) is 0 Å². The molecular formula is C17H18F2N2O5. The van der Waals surface area contributed by atoms with Gasteiger partial charge in [-0.05, 0) is 37.8 Å². The van der Waals surface area contributed by atoms with Crippen LogP contribution in [0.15, 0.2) is 18.2 Å². The average Bonchev–Trinajstić information content (AvgIpc) is 3.08. The summed E-state index contributed by atoms with van der Waals surface area (Å²) in [6.07, 6.45) is 2.72. The van der Waals surface area contributed by atoms with Crippen molar-refractivity contribution in [1.29, 1.82) is 5.26 Å². The van der Waals surface area contributed by atoms with Crippen LogP contribution in [0.25, 0.3) is 0 Å². The molecule has 0 radical (unpaired) electrons. The minimum Gasteiger partial charge on any atom is -0.493 e. The Bertz CT molecular complexity index is 712. The molecule has 0 aliphatic heterocycles. The van der Waals surface area contributed by atoms with Crippen molar-refractivity contribution in [3.05, 3.63) is 23.8 Å². The standard InChI is InChI=1S/C17H18F2N2O5/c1-24-12-6-4-5-11(14(12)26-16(18)19)15(23)25-9-13(22)21-17(10-20)7-2-3-8-17/h4-6,16H,2-3,7-9H2,1H3,(H,21,22). The molecule has 1 fully saturated rings. The van der Waals surface area contributed by atoms with Crippen LogP contribution >= 0.6 is 0 Å². The number of nitriles is 1. The molecule has 2 rings (SSSR count). The summed E-state index contributed by atoms with van der Waals surface area (Å²) in [5.74, 6) is -2.20. The van der Waals surface area contributed by atoms with Gasteiger partial charge in [0.1, 0.15) is 11.1 Å². The predicted octanol–water partition coefficient (Wildman–Crippen LogP) is 2.41. The molecule has 0 bridgehead atoms. The Morgan fingerprint density at radius 1 is 1.35 bits per heavy atom. The van der Waals surface area contributed by atoms with Gasteiger partial charge in [0.05, 0.1) is 13.2 Å². The number of nitrogens with zero attached hydrogens (tertiary/aromatic N) is 1. The van der Waals surface area contributed by atoms with Crippen LogP contribution in [0.4, 0.5) is 8.78 Å². The molecule has 0 saturated heterocycles. The molecule has 0 atom stereocenters. The van der Waals surface area contributed by atoms with Crippen LogP contribution in [-0.2, 0) is 9.53 Å². The van der Waals surface area contributed by atoms with Crippen LogP contribution in [0, 0.1) is 11.3 Å². The number of amides is 1. The van der Waals surface area contributed by atoms with Gasteiger partial charge in [-0.3, -0.25) is 4.79 Å². The summed E-state index contributed by atoms with van der Waals surface area (Å²) >= 11 is 0. The van der Waals surface area contributed by atoms with Crippen molar-refractivity contribution in [2.45, 2.75) is 37.8 Å². The normalized spacial score (nSPS) is 15.2. The number of methoxy groups -OCH3 is 1. The van der Waals surface area contributed by atoms with E-state index in [-0.39, 0.29) is 11.3 Å². The van der Waals surface area contributed by atoms with Crippen molar-refractivity contribution in [2.75, 3.05) is 13.7 Å². The topological polar surface area (TPSA) is 97.6 Å². The Balaban J connectivity index is 2.04. The van der Waals surface area contributed by atoms with E-state index in [1.807, 2.05) is 0 Å². The summed E-state index contributed by atoms with van der Waals surface area (Å²) < 4.78 is 39.3. The lowest BCUT2D eigenvalue weighted by atomic mass is 10.00. The Labute approximate surface area is 148 Å². The van der Waals surface area contributed by atoms with E-state index >= 15 is 0 Å². The van der Waals surface area contributed by atoms with Gasteiger partial charge in [-0.1, -0.05) is 6.07 Å². The number of alkyl halides is 2. The molecule has 7 nitrogen and oxygen atoms in total. The summed E-state index contributed by atoms with van der Waals surface area (Å²) in [7, 11) is 1.24. The van der Waals surface area contributed by atoms with Crippen molar-refractivity contribution >= 4 is 11.9 Å². The highest BCUT2D eigenvalue weighted by Crippen LogP contribution is 2.33. The fraction of sp³-hybridized carbons (Fsp3) is 0.471. The monoisotopic (exact) mass is 368 g/mol. The maximum atomic E-state index is 12.6. The fourth-order valence-electron chi connectivity index (χ4n) is 2.80. The van der Waals surface area contributed by atoms with Crippen LogP contribution < -0.4 is 14.8 Å². The molecule has 26 heavy (non-hydrogen) atoms. The zero-order valence-electron chi connectivity index (χ0n) is 14.1. The van der Waals surface area contributed by atoms with E-state index in [9.17, 15) is 23.6 Å². The van der Waals surface area contributed by atoms with E-state index in [2.05, 4.69) is 16.1 Å². The predicted molar refractivity (Wildman–Crippen MR) is 84.9 cm³/mol. The first-order valence-corrected chi connectivity index (χ1v) is 7.92. The third-order valence-corrected chi connectivity index (χ3v) is 4.01. The van der Waals surface area contributed by atoms with Gasteiger partial charge in [0.2, 0.25) is 0 Å². The number of benzene rings is 1. The summed E-state index contributed by atoms with van der Waals surface area (Å²) in [5.41, 5.74) is -1.24. The SMILES string of the molecule is COc1cccc(C(=O)OCC(=O)NC2(C#N)CCCC2)c1OC(F)F. The average molecular weight is 368 g/mol. The van der Waals surface area contributed by atoms with Crippen LogP contribution in [0.1, 0.15) is 36.0 Å². The first kappa shape index (κ1) is 19.4. The van der Waals surface area contributed by atoms with Gasteiger partial charge in [0.25, 0.3) is 5.91 Å². The number of carbonyl (C=O) groups is 2. The second kappa shape index (κ2) is 8.47. The first-order valence-electron chi connectivity index (χ1n) is 7.92. The molecule has 1 aromatic carbocycles. The van der Waals surface area contributed by atoms with Gasteiger partial charge < -0.3 is 19.5 Å². The van der Waals surface area contributed by atoms with Gasteiger partial charge in [-0.25, -0.2) is 4.79 Å². The maximum absolute atomic E-state index is 12.6. The number of carbonyl (C=O) groups excluding carboxylic acids is 2. The molecule has 0 spiro atoms. The number of esters is 1. The largest absolute Gasteiger partial charge is 0.493 e. The van der Waals surface area contributed by atoms with E-state index in [1.165, 1.54) is 25.3 Å². The molecule has 1 N–H and O–H groups in total. The number of rotatable bonds is 7. The Morgan fingerprint density at radius 2 is 2.04 bits per heavy atom. The van der Waals surface area contributed by atoms with Gasteiger partial charge >= 0.3 is 12.6 Å². The Hall–Kier alpha value is -2.89. The van der Waals surface area contributed by atoms with E-state index in [4.69, 9.17) is 9.47 Å². The van der Waals surface area contributed by atoms with E-state index < -0.39 is 36.4 Å². The third-order valence-electron chi connectivity index (χ3n) is 4.01. The highest BCUT2D eigenvalue weighted by molar-refractivity contribution is 5.95. The summed E-state index contributed by atoms with van der Waals surface area (Å²) in [6.45, 7) is -3.81. The lowest BCUT2D eigenvalue weighted by Gasteiger charge is -2.21. The molecule has 1 aromatic rings.